The number of aromatic nitrogens is 2. The maximum Gasteiger partial charge on any atom is 0.467 e. The van der Waals surface area contributed by atoms with Crippen LogP contribution in [0.15, 0.2) is 18.5 Å². The van der Waals surface area contributed by atoms with Gasteiger partial charge in [-0.25, -0.2) is 4.98 Å². The van der Waals surface area contributed by atoms with Crippen LogP contribution >= 0.6 is 0 Å². The second-order valence-corrected chi connectivity index (χ2v) is 6.09. The predicted molar refractivity (Wildman–Crippen MR) is 71.1 cm³/mol. The first-order chi connectivity index (χ1) is 8.39. The van der Waals surface area contributed by atoms with Gasteiger partial charge in [0.1, 0.15) is 5.82 Å². The van der Waals surface area contributed by atoms with Crippen molar-refractivity contribution in [1.82, 2.24) is 9.55 Å². The van der Waals surface area contributed by atoms with Crippen LogP contribution in [0, 0.1) is 0 Å². The summed E-state index contributed by atoms with van der Waals surface area (Å²) in [7, 11) is -0.179. The fourth-order valence-corrected chi connectivity index (χ4v) is 2.37. The molecule has 1 unspecified atom stereocenters. The van der Waals surface area contributed by atoms with Crippen molar-refractivity contribution in [3.8, 4) is 0 Å². The molecule has 0 spiro atoms. The van der Waals surface area contributed by atoms with Gasteiger partial charge in [0.2, 0.25) is 0 Å². The van der Waals surface area contributed by atoms with Gasteiger partial charge in [-0.15, -0.1) is 0 Å². The predicted octanol–water partition coefficient (Wildman–Crippen LogP) is 2.37. The molecule has 0 aliphatic carbocycles. The molecule has 2 aliphatic rings. The highest BCUT2D eigenvalue weighted by Crippen LogP contribution is 2.41. The summed E-state index contributed by atoms with van der Waals surface area (Å²) in [5.41, 5.74) is -0.526. The van der Waals surface area contributed by atoms with Crippen molar-refractivity contribution in [1.29, 1.82) is 0 Å². The molecule has 0 amide bonds. The monoisotopic (exact) mass is 246 g/mol. The molecule has 2 aliphatic heterocycles. The fourth-order valence-electron chi connectivity index (χ4n) is 2.37. The van der Waals surface area contributed by atoms with Crippen LogP contribution in [0.3, 0.4) is 0 Å². The Morgan fingerprint density at radius 3 is 2.61 bits per heavy atom. The SMILES string of the molecule is CC1(C)OB(C2C=Cc3nccn3C2)OC1(C)C. The largest absolute Gasteiger partial charge is 0.467 e. The van der Waals surface area contributed by atoms with E-state index in [0.717, 1.165) is 12.4 Å². The molecule has 1 fully saturated rings. The maximum atomic E-state index is 6.09. The van der Waals surface area contributed by atoms with E-state index in [2.05, 4.69) is 43.3 Å². The number of nitrogens with zero attached hydrogens (tertiary/aromatic N) is 2. The van der Waals surface area contributed by atoms with Crippen LogP contribution in [0.2, 0.25) is 5.82 Å². The zero-order valence-corrected chi connectivity index (χ0v) is 11.4. The average Bonchev–Trinajstić information content (AvgIpc) is 2.80. The van der Waals surface area contributed by atoms with Gasteiger partial charge in [0.05, 0.1) is 11.2 Å². The van der Waals surface area contributed by atoms with Crippen LogP contribution < -0.4 is 0 Å². The lowest BCUT2D eigenvalue weighted by Gasteiger charge is -2.32. The summed E-state index contributed by atoms with van der Waals surface area (Å²) in [6.45, 7) is 9.21. The van der Waals surface area contributed by atoms with E-state index in [9.17, 15) is 0 Å². The second-order valence-electron chi connectivity index (χ2n) is 6.09. The molecule has 0 N–H and O–H groups in total. The van der Waals surface area contributed by atoms with Crippen molar-refractivity contribution in [2.45, 2.75) is 51.3 Å². The van der Waals surface area contributed by atoms with Gasteiger partial charge in [-0.1, -0.05) is 6.08 Å². The summed E-state index contributed by atoms with van der Waals surface area (Å²) in [4.78, 5) is 4.27. The number of hydrogen-bond acceptors (Lipinski definition) is 3. The van der Waals surface area contributed by atoms with E-state index in [1.807, 2.05) is 18.5 Å². The molecular formula is C13H19BN2O2. The van der Waals surface area contributed by atoms with Crippen molar-refractivity contribution in [3.63, 3.8) is 0 Å². The molecular weight excluding hydrogens is 227 g/mol. The highest BCUT2D eigenvalue weighted by Gasteiger charge is 2.53. The lowest BCUT2D eigenvalue weighted by atomic mass is 9.71. The molecule has 0 aromatic carbocycles. The van der Waals surface area contributed by atoms with Crippen LogP contribution in [0.4, 0.5) is 0 Å². The topological polar surface area (TPSA) is 36.3 Å². The average molecular weight is 246 g/mol. The lowest BCUT2D eigenvalue weighted by Crippen LogP contribution is -2.41. The van der Waals surface area contributed by atoms with E-state index in [-0.39, 0.29) is 24.1 Å². The molecule has 4 nitrogen and oxygen atoms in total. The highest BCUT2D eigenvalue weighted by atomic mass is 16.7. The van der Waals surface area contributed by atoms with Crippen molar-refractivity contribution in [2.75, 3.05) is 0 Å². The number of fused-ring (bicyclic) bond motifs is 1. The Morgan fingerprint density at radius 2 is 1.94 bits per heavy atom. The van der Waals surface area contributed by atoms with E-state index >= 15 is 0 Å². The smallest absolute Gasteiger partial charge is 0.403 e. The van der Waals surface area contributed by atoms with Gasteiger partial charge in [0.15, 0.2) is 0 Å². The number of imidazole rings is 1. The van der Waals surface area contributed by atoms with Crippen molar-refractivity contribution >= 4 is 13.2 Å². The molecule has 0 bridgehead atoms. The van der Waals surface area contributed by atoms with Crippen LogP contribution in [-0.2, 0) is 15.9 Å². The molecule has 3 rings (SSSR count). The van der Waals surface area contributed by atoms with Gasteiger partial charge in [0, 0.05) is 24.8 Å². The Balaban J connectivity index is 1.79. The van der Waals surface area contributed by atoms with Crippen LogP contribution in [0.5, 0.6) is 0 Å². The molecule has 3 heterocycles. The maximum absolute atomic E-state index is 6.09. The Morgan fingerprint density at radius 1 is 1.28 bits per heavy atom. The summed E-state index contributed by atoms with van der Waals surface area (Å²) < 4.78 is 14.3. The molecule has 96 valence electrons. The first-order valence-corrected chi connectivity index (χ1v) is 6.44. The summed E-state index contributed by atoms with van der Waals surface area (Å²) in [5, 5.41) is 0. The van der Waals surface area contributed by atoms with Gasteiger partial charge >= 0.3 is 7.12 Å². The van der Waals surface area contributed by atoms with Gasteiger partial charge in [-0.05, 0) is 33.8 Å². The third-order valence-electron chi connectivity index (χ3n) is 4.27. The number of rotatable bonds is 1. The molecule has 0 saturated carbocycles. The van der Waals surface area contributed by atoms with Crippen LogP contribution in [0.1, 0.15) is 33.5 Å². The highest BCUT2D eigenvalue weighted by molar-refractivity contribution is 6.48. The molecule has 0 radical (unpaired) electrons. The standard InChI is InChI=1S/C13H19BN2O2/c1-12(2)13(3,4)18-14(17-12)10-5-6-11-15-7-8-16(11)9-10/h5-8,10H,9H2,1-4H3. The van der Waals surface area contributed by atoms with Gasteiger partial charge in [-0.2, -0.15) is 0 Å². The minimum Gasteiger partial charge on any atom is -0.403 e. The van der Waals surface area contributed by atoms with E-state index in [1.165, 1.54) is 0 Å². The van der Waals surface area contributed by atoms with E-state index < -0.39 is 0 Å². The normalized spacial score (nSPS) is 28.4. The third-order valence-corrected chi connectivity index (χ3v) is 4.27. The molecule has 5 heteroatoms. The van der Waals surface area contributed by atoms with Gasteiger partial charge < -0.3 is 13.9 Å². The van der Waals surface area contributed by atoms with Crippen molar-refractivity contribution in [2.24, 2.45) is 0 Å². The minimum atomic E-state index is -0.263. The lowest BCUT2D eigenvalue weighted by molar-refractivity contribution is 0.00578. The zero-order valence-electron chi connectivity index (χ0n) is 11.4. The molecule has 1 aromatic heterocycles. The summed E-state index contributed by atoms with van der Waals surface area (Å²) in [6, 6.07) is 0. The molecule has 1 aromatic rings. The fraction of sp³-hybridized carbons (Fsp3) is 0.615. The molecule has 1 saturated heterocycles. The Bertz CT molecular complexity index is 477. The first kappa shape index (κ1) is 12.0. The van der Waals surface area contributed by atoms with E-state index in [4.69, 9.17) is 9.31 Å². The summed E-state index contributed by atoms with van der Waals surface area (Å²) in [5.74, 6) is 1.25. The molecule has 1 atom stereocenters. The zero-order chi connectivity index (χ0) is 13.0. The Kier molecular flexibility index (Phi) is 2.47. The first-order valence-electron chi connectivity index (χ1n) is 6.44. The number of allylic oxidation sites excluding steroid dienone is 1. The van der Waals surface area contributed by atoms with Gasteiger partial charge in [-0.3, -0.25) is 0 Å². The Labute approximate surface area is 108 Å². The van der Waals surface area contributed by atoms with Crippen molar-refractivity contribution < 1.29 is 9.31 Å². The Hall–Kier alpha value is -1.07. The van der Waals surface area contributed by atoms with Crippen LogP contribution in [-0.4, -0.2) is 27.9 Å². The summed E-state index contributed by atoms with van der Waals surface area (Å²) in [6.07, 6.45) is 8.01. The van der Waals surface area contributed by atoms with Crippen molar-refractivity contribution in [3.05, 3.63) is 24.3 Å². The van der Waals surface area contributed by atoms with Crippen LogP contribution in [0.25, 0.3) is 6.08 Å². The molecule has 18 heavy (non-hydrogen) atoms. The van der Waals surface area contributed by atoms with E-state index in [1.54, 1.807) is 0 Å². The van der Waals surface area contributed by atoms with E-state index in [0.29, 0.717) is 0 Å². The second kappa shape index (κ2) is 3.71. The minimum absolute atomic E-state index is 0.179. The summed E-state index contributed by atoms with van der Waals surface area (Å²) >= 11 is 0. The van der Waals surface area contributed by atoms with Gasteiger partial charge in [0.25, 0.3) is 0 Å². The number of hydrogen-bond donors (Lipinski definition) is 0. The quantitative estimate of drug-likeness (QED) is 0.714. The third kappa shape index (κ3) is 1.73.